The molecule has 1 fully saturated rings. The van der Waals surface area contributed by atoms with E-state index < -0.39 is 11.8 Å². The van der Waals surface area contributed by atoms with Crippen LogP contribution in [-0.4, -0.2) is 48.0 Å². The Kier molecular flexibility index (Phi) is 9.51. The van der Waals surface area contributed by atoms with Crippen LogP contribution in [0.1, 0.15) is 42.9 Å². The number of hydrogen-bond donors (Lipinski definition) is 1. The summed E-state index contributed by atoms with van der Waals surface area (Å²) in [5.41, 5.74) is 2.34. The fourth-order valence-electron chi connectivity index (χ4n) is 4.17. The number of aliphatic carboxylic acids is 1. The van der Waals surface area contributed by atoms with Gasteiger partial charge in [0.2, 0.25) is 0 Å². The number of Topliss-reactive ketones (excluding diaryl/α,β-unsaturated/α-hetero) is 1. The van der Waals surface area contributed by atoms with Crippen LogP contribution in [0.5, 0.6) is 0 Å². The molecular weight excluding hydrogens is 461 g/mol. The summed E-state index contributed by atoms with van der Waals surface area (Å²) in [4.78, 5) is 27.3. The third-order valence-corrected chi connectivity index (χ3v) is 6.58. The highest BCUT2D eigenvalue weighted by Crippen LogP contribution is 2.33. The number of hydrogen-bond acceptors (Lipinski definition) is 4. The molecule has 1 aliphatic rings. The van der Waals surface area contributed by atoms with Crippen LogP contribution in [0.2, 0.25) is 10.0 Å². The average Bonchev–Trinajstić information content (AvgIpc) is 3.29. The van der Waals surface area contributed by atoms with Gasteiger partial charge in [-0.05, 0) is 68.1 Å². The van der Waals surface area contributed by atoms with Crippen molar-refractivity contribution in [2.24, 2.45) is 0 Å². The number of ether oxygens (including phenoxy) is 1. The molecule has 1 N–H and O–H groups in total. The largest absolute Gasteiger partial charge is 0.478 e. The Morgan fingerprint density at radius 3 is 2.27 bits per heavy atom. The van der Waals surface area contributed by atoms with Crippen LogP contribution >= 0.6 is 23.2 Å². The fraction of sp³-hybridized carbons (Fsp3) is 0.385. The summed E-state index contributed by atoms with van der Waals surface area (Å²) >= 11 is 12.5. The number of likely N-dealkylation sites (tertiary alicyclic amines) is 1. The molecule has 0 spiro atoms. The van der Waals surface area contributed by atoms with Crippen molar-refractivity contribution in [1.29, 1.82) is 0 Å². The van der Waals surface area contributed by atoms with Gasteiger partial charge in [0.15, 0.2) is 5.78 Å². The van der Waals surface area contributed by atoms with Crippen LogP contribution in [0.15, 0.2) is 48.0 Å². The van der Waals surface area contributed by atoms with Gasteiger partial charge in [-0.15, -0.1) is 0 Å². The zero-order valence-corrected chi connectivity index (χ0v) is 20.3. The van der Waals surface area contributed by atoms with Gasteiger partial charge in [-0.1, -0.05) is 53.5 Å². The number of carbonyl (C=O) groups is 2. The summed E-state index contributed by atoms with van der Waals surface area (Å²) in [6.07, 6.45) is 2.99. The number of ketones is 1. The molecule has 0 radical (unpaired) electrons. The minimum absolute atomic E-state index is 0.0613. The van der Waals surface area contributed by atoms with Crippen LogP contribution in [0.25, 0.3) is 5.57 Å². The highest BCUT2D eigenvalue weighted by Gasteiger charge is 2.23. The molecule has 0 amide bonds. The van der Waals surface area contributed by atoms with Crippen molar-refractivity contribution >= 4 is 40.5 Å². The molecule has 2 aromatic carbocycles. The molecule has 33 heavy (non-hydrogen) atoms. The van der Waals surface area contributed by atoms with Gasteiger partial charge in [-0.25, -0.2) is 4.79 Å². The lowest BCUT2D eigenvalue weighted by Crippen LogP contribution is -2.24. The van der Waals surface area contributed by atoms with Gasteiger partial charge in [0.1, 0.15) is 5.57 Å². The molecule has 0 saturated carbocycles. The maximum Gasteiger partial charge on any atom is 0.339 e. The summed E-state index contributed by atoms with van der Waals surface area (Å²) in [7, 11) is 0. The topological polar surface area (TPSA) is 66.8 Å². The maximum absolute atomic E-state index is 13.0. The molecular formula is C26H29Cl2NO4. The predicted molar refractivity (Wildman–Crippen MR) is 132 cm³/mol. The van der Waals surface area contributed by atoms with Gasteiger partial charge >= 0.3 is 5.97 Å². The van der Waals surface area contributed by atoms with Gasteiger partial charge in [-0.2, -0.15) is 0 Å². The molecule has 0 unspecified atom stereocenters. The highest BCUT2D eigenvalue weighted by molar-refractivity contribution is 6.38. The summed E-state index contributed by atoms with van der Waals surface area (Å²) in [5.74, 6) is -1.74. The Balaban J connectivity index is 1.67. The van der Waals surface area contributed by atoms with E-state index >= 15 is 0 Å². The number of nitrogens with zero attached hydrogens (tertiary/aromatic N) is 1. The second-order valence-corrected chi connectivity index (χ2v) is 9.01. The Labute approximate surface area is 204 Å². The van der Waals surface area contributed by atoms with Gasteiger partial charge in [0.25, 0.3) is 0 Å². The van der Waals surface area contributed by atoms with Crippen molar-refractivity contribution in [2.75, 3.05) is 26.2 Å². The van der Waals surface area contributed by atoms with E-state index in [0.717, 1.165) is 30.8 Å². The molecule has 7 heteroatoms. The van der Waals surface area contributed by atoms with Crippen LogP contribution in [0.4, 0.5) is 0 Å². The molecule has 3 rings (SSSR count). The van der Waals surface area contributed by atoms with E-state index in [2.05, 4.69) is 4.90 Å². The zero-order chi connectivity index (χ0) is 23.8. The number of allylic oxidation sites excluding steroid dienone is 1. The fourth-order valence-corrected chi connectivity index (χ4v) is 4.85. The van der Waals surface area contributed by atoms with E-state index in [-0.39, 0.29) is 17.6 Å². The number of benzene rings is 2. The van der Waals surface area contributed by atoms with Gasteiger partial charge in [-0.3, -0.25) is 4.79 Å². The van der Waals surface area contributed by atoms with Crippen molar-refractivity contribution in [3.63, 3.8) is 0 Å². The van der Waals surface area contributed by atoms with Crippen molar-refractivity contribution in [1.82, 2.24) is 4.90 Å². The minimum atomic E-state index is -1.29. The zero-order valence-electron chi connectivity index (χ0n) is 18.8. The number of carboxylic acid groups (broad SMARTS) is 1. The molecule has 5 nitrogen and oxygen atoms in total. The summed E-state index contributed by atoms with van der Waals surface area (Å²) in [5, 5.41) is 10.4. The summed E-state index contributed by atoms with van der Waals surface area (Å²) in [6.45, 7) is 5.90. The molecule has 1 aliphatic heterocycles. The first-order valence-electron chi connectivity index (χ1n) is 11.2. The standard InChI is InChI=1S/C26H29Cl2NO4/c1-18(24-21(27)9-6-10-22(24)28)25(26(31)32)23(30)12-11-19-7-2-3-8-20(19)17-33-16-15-29-13-4-5-14-29/h2-3,6-10H,4-5,11-17H2,1H3,(H,31,32). The van der Waals surface area contributed by atoms with E-state index in [1.165, 1.54) is 12.8 Å². The third kappa shape index (κ3) is 6.90. The molecule has 176 valence electrons. The Bertz CT molecular complexity index is 1010. The lowest BCUT2D eigenvalue weighted by atomic mass is 9.94. The normalized spacial score (nSPS) is 14.9. The van der Waals surface area contributed by atoms with E-state index in [1.807, 2.05) is 24.3 Å². The molecule has 0 atom stereocenters. The number of aryl methyl sites for hydroxylation is 1. The van der Waals surface area contributed by atoms with E-state index in [9.17, 15) is 14.7 Å². The highest BCUT2D eigenvalue weighted by atomic mass is 35.5. The van der Waals surface area contributed by atoms with Crippen LogP contribution in [0, 0.1) is 0 Å². The molecule has 1 saturated heterocycles. The Morgan fingerprint density at radius 1 is 1.00 bits per heavy atom. The number of carbonyl (C=O) groups excluding carboxylic acids is 1. The van der Waals surface area contributed by atoms with Crippen LogP contribution in [0.3, 0.4) is 0 Å². The summed E-state index contributed by atoms with van der Waals surface area (Å²) in [6, 6.07) is 12.7. The minimum Gasteiger partial charge on any atom is -0.478 e. The van der Waals surface area contributed by atoms with Crippen molar-refractivity contribution < 1.29 is 19.4 Å². The van der Waals surface area contributed by atoms with Crippen LogP contribution < -0.4 is 0 Å². The van der Waals surface area contributed by atoms with Crippen molar-refractivity contribution in [3.8, 4) is 0 Å². The van der Waals surface area contributed by atoms with Crippen molar-refractivity contribution in [2.45, 2.75) is 39.2 Å². The van der Waals surface area contributed by atoms with E-state index in [1.54, 1.807) is 25.1 Å². The molecule has 0 bridgehead atoms. The second-order valence-electron chi connectivity index (χ2n) is 8.20. The SMILES string of the molecule is CC(=C(C(=O)O)C(=O)CCc1ccccc1COCCN1CCCC1)c1c(Cl)cccc1Cl. The lowest BCUT2D eigenvalue weighted by Gasteiger charge is -2.15. The maximum atomic E-state index is 13.0. The monoisotopic (exact) mass is 489 g/mol. The van der Waals surface area contributed by atoms with Crippen LogP contribution in [-0.2, 0) is 27.4 Å². The second kappa shape index (κ2) is 12.3. The average molecular weight is 490 g/mol. The smallest absolute Gasteiger partial charge is 0.339 e. The Morgan fingerprint density at radius 2 is 1.64 bits per heavy atom. The first-order chi connectivity index (χ1) is 15.9. The van der Waals surface area contributed by atoms with Crippen molar-refractivity contribution in [3.05, 3.63) is 74.8 Å². The first kappa shape index (κ1) is 25.4. The molecule has 0 aliphatic carbocycles. The number of halogens is 2. The van der Waals surface area contributed by atoms with Gasteiger partial charge in [0, 0.05) is 28.6 Å². The molecule has 0 aromatic heterocycles. The predicted octanol–water partition coefficient (Wildman–Crippen LogP) is 5.67. The lowest BCUT2D eigenvalue weighted by molar-refractivity contribution is -0.134. The quantitative estimate of drug-likeness (QED) is 0.190. The third-order valence-electron chi connectivity index (χ3n) is 5.95. The molecule has 2 aromatic rings. The number of rotatable bonds is 11. The van der Waals surface area contributed by atoms with Gasteiger partial charge < -0.3 is 14.7 Å². The summed E-state index contributed by atoms with van der Waals surface area (Å²) < 4.78 is 5.88. The number of carboxylic acids is 1. The Hall–Kier alpha value is -2.18. The van der Waals surface area contributed by atoms with Gasteiger partial charge in [0.05, 0.1) is 13.2 Å². The first-order valence-corrected chi connectivity index (χ1v) is 11.9. The van der Waals surface area contributed by atoms with E-state index in [4.69, 9.17) is 27.9 Å². The molecule has 1 heterocycles. The van der Waals surface area contributed by atoms with E-state index in [0.29, 0.717) is 35.2 Å².